The second kappa shape index (κ2) is 7.68. The molecule has 2 fully saturated rings. The van der Waals surface area contributed by atoms with Crippen LogP contribution in [-0.2, 0) is 16.1 Å². The summed E-state index contributed by atoms with van der Waals surface area (Å²) in [5.41, 5.74) is 2.08. The zero-order chi connectivity index (χ0) is 22.6. The number of rotatable bonds is 6. The molecule has 32 heavy (non-hydrogen) atoms. The molecule has 5 rings (SSSR count). The molecule has 0 aliphatic heterocycles. The zero-order valence-electron chi connectivity index (χ0n) is 17.7. The fourth-order valence-corrected chi connectivity index (χ4v) is 5.18. The number of ether oxygens (including phenoxy) is 1. The van der Waals surface area contributed by atoms with Crippen molar-refractivity contribution in [2.24, 2.45) is 11.3 Å². The lowest BCUT2D eigenvalue weighted by atomic mass is 9.99. The van der Waals surface area contributed by atoms with E-state index in [2.05, 4.69) is 26.3 Å². The lowest BCUT2D eigenvalue weighted by molar-refractivity contribution is -0.156. The third-order valence-corrected chi connectivity index (χ3v) is 6.75. The van der Waals surface area contributed by atoms with Gasteiger partial charge < -0.3 is 24.8 Å². The summed E-state index contributed by atoms with van der Waals surface area (Å²) in [6, 6.07) is 7.53. The van der Waals surface area contributed by atoms with Crippen LogP contribution in [0.5, 0.6) is 0 Å². The van der Waals surface area contributed by atoms with Gasteiger partial charge in [0.05, 0.1) is 25.1 Å². The molecule has 2 aliphatic carbocycles. The van der Waals surface area contributed by atoms with Crippen molar-refractivity contribution in [2.75, 3.05) is 11.9 Å². The molecule has 2 aromatic heterocycles. The average molecular weight is 458 g/mol. The lowest BCUT2D eigenvalue weighted by Gasteiger charge is -2.23. The Morgan fingerprint density at radius 3 is 2.94 bits per heavy atom. The maximum Gasteiger partial charge on any atom is 0.315 e. The Morgan fingerprint density at radius 2 is 2.19 bits per heavy atom. The van der Waals surface area contributed by atoms with E-state index in [9.17, 15) is 15.0 Å². The van der Waals surface area contributed by atoms with Gasteiger partial charge in [0.2, 0.25) is 5.28 Å². The maximum atomic E-state index is 12.5. The summed E-state index contributed by atoms with van der Waals surface area (Å²) >= 11 is 6.21. The number of fused-ring (bicyclic) bond motifs is 2. The Hall–Kier alpha value is -2.75. The third kappa shape index (κ3) is 3.15. The Labute approximate surface area is 189 Å². The number of carbonyl (C=O) groups excluding carboxylic acids is 1. The lowest BCUT2D eigenvalue weighted by Crippen LogP contribution is -2.38. The van der Waals surface area contributed by atoms with Gasteiger partial charge in [-0.2, -0.15) is 9.97 Å². The van der Waals surface area contributed by atoms with Crippen LogP contribution in [0.1, 0.15) is 30.5 Å². The van der Waals surface area contributed by atoms with Gasteiger partial charge in [0.1, 0.15) is 11.5 Å². The summed E-state index contributed by atoms with van der Waals surface area (Å²) in [4.78, 5) is 25.6. The van der Waals surface area contributed by atoms with Crippen molar-refractivity contribution in [1.82, 2.24) is 19.5 Å². The molecule has 3 aromatic rings. The fraction of sp³-hybridized carbons (Fsp3) is 0.455. The topological polar surface area (TPSA) is 122 Å². The molecule has 0 unspecified atom stereocenters. The maximum absolute atomic E-state index is 12.5. The monoisotopic (exact) mass is 457 g/mol. The molecule has 9 nitrogen and oxygen atoms in total. The van der Waals surface area contributed by atoms with E-state index in [1.807, 2.05) is 25.1 Å². The van der Waals surface area contributed by atoms with Gasteiger partial charge in [-0.05, 0) is 37.4 Å². The van der Waals surface area contributed by atoms with Crippen molar-refractivity contribution in [3.8, 4) is 0 Å². The van der Waals surface area contributed by atoms with Crippen LogP contribution in [0.4, 0.5) is 5.82 Å². The van der Waals surface area contributed by atoms with Gasteiger partial charge in [-0.25, -0.2) is 4.98 Å². The number of imidazole rings is 1. The van der Waals surface area contributed by atoms with Crippen molar-refractivity contribution in [3.05, 3.63) is 47.0 Å². The Bertz CT molecular complexity index is 1200. The molecule has 168 valence electrons. The van der Waals surface area contributed by atoms with E-state index in [0.29, 0.717) is 29.9 Å². The number of nitrogens with one attached hydrogen (secondary N) is 1. The van der Waals surface area contributed by atoms with Crippen LogP contribution in [0.15, 0.2) is 30.6 Å². The molecule has 10 heteroatoms. The van der Waals surface area contributed by atoms with Crippen molar-refractivity contribution < 1.29 is 19.7 Å². The Balaban J connectivity index is 1.47. The quantitative estimate of drug-likeness (QED) is 0.380. The highest BCUT2D eigenvalue weighted by Crippen LogP contribution is 2.68. The van der Waals surface area contributed by atoms with E-state index in [0.717, 1.165) is 11.1 Å². The molecule has 0 bridgehead atoms. The highest BCUT2D eigenvalue weighted by molar-refractivity contribution is 6.28. The van der Waals surface area contributed by atoms with Crippen molar-refractivity contribution >= 4 is 34.6 Å². The Morgan fingerprint density at radius 1 is 1.38 bits per heavy atom. The van der Waals surface area contributed by atoms with Gasteiger partial charge in [0.25, 0.3) is 0 Å². The standard InChI is InChI=1S/C22H24ClN5O4/c1-3-32-20(31)22-8-13(22)15(16(29)17(22)30)28-10-25-14-18(26-21(23)27-19(14)28)24-9-12-6-4-5-11(2)7-12/h4-7,10,13,15-17,29-30H,3,8-9H2,1-2H3,(H,24,26,27)/t13-,15-,16+,17+,22+/m1/s1. The molecule has 0 spiro atoms. The second-order valence-electron chi connectivity index (χ2n) is 8.51. The number of benzene rings is 1. The molecule has 2 saturated carbocycles. The van der Waals surface area contributed by atoms with Crippen LogP contribution in [-0.4, -0.2) is 54.5 Å². The van der Waals surface area contributed by atoms with Crippen molar-refractivity contribution in [3.63, 3.8) is 0 Å². The number of aromatic nitrogens is 4. The number of aryl methyl sites for hydroxylation is 1. The highest BCUT2D eigenvalue weighted by Gasteiger charge is 2.76. The number of carbonyl (C=O) groups is 1. The summed E-state index contributed by atoms with van der Waals surface area (Å²) in [6.07, 6.45) is -0.391. The molecule has 0 radical (unpaired) electrons. The van der Waals surface area contributed by atoms with E-state index in [1.165, 1.54) is 0 Å². The first kappa shape index (κ1) is 21.1. The number of anilines is 1. The number of aliphatic hydroxyl groups is 2. The second-order valence-corrected chi connectivity index (χ2v) is 8.84. The first-order valence-corrected chi connectivity index (χ1v) is 11.0. The number of hydrogen-bond acceptors (Lipinski definition) is 8. The number of nitrogens with zero attached hydrogens (tertiary/aromatic N) is 4. The normalized spacial score (nSPS) is 28.5. The summed E-state index contributed by atoms with van der Waals surface area (Å²) < 4.78 is 6.86. The first-order chi connectivity index (χ1) is 15.4. The molecule has 0 saturated heterocycles. The van der Waals surface area contributed by atoms with E-state index in [1.54, 1.807) is 17.8 Å². The van der Waals surface area contributed by atoms with E-state index < -0.39 is 29.6 Å². The van der Waals surface area contributed by atoms with Gasteiger partial charge in [-0.3, -0.25) is 4.79 Å². The highest BCUT2D eigenvalue weighted by atomic mass is 35.5. The van der Waals surface area contributed by atoms with E-state index in [-0.39, 0.29) is 17.8 Å². The average Bonchev–Trinajstić information content (AvgIpc) is 3.30. The van der Waals surface area contributed by atoms with Gasteiger partial charge in [-0.1, -0.05) is 29.8 Å². The SMILES string of the molecule is CCOC(=O)[C@@]12C[C@@H]1[C@@H](n1cnc3c(NCc4cccc(C)c4)nc(Cl)nc31)[C@H](O)[C@@H]2O. The van der Waals surface area contributed by atoms with Gasteiger partial charge in [-0.15, -0.1) is 0 Å². The number of halogens is 1. The number of hydrogen-bond donors (Lipinski definition) is 3. The summed E-state index contributed by atoms with van der Waals surface area (Å²) in [6.45, 7) is 4.49. The van der Waals surface area contributed by atoms with E-state index in [4.69, 9.17) is 16.3 Å². The predicted octanol–water partition coefficient (Wildman–Crippen LogP) is 2.25. The molecular weight excluding hydrogens is 434 g/mol. The zero-order valence-corrected chi connectivity index (χ0v) is 18.5. The molecule has 2 aliphatic rings. The third-order valence-electron chi connectivity index (χ3n) is 6.59. The molecule has 0 amide bonds. The number of aliphatic hydroxyl groups excluding tert-OH is 2. The van der Waals surface area contributed by atoms with Crippen LogP contribution >= 0.6 is 11.6 Å². The van der Waals surface area contributed by atoms with Crippen LogP contribution in [0.3, 0.4) is 0 Å². The summed E-state index contributed by atoms with van der Waals surface area (Å²) in [5.74, 6) is -0.279. The van der Waals surface area contributed by atoms with Gasteiger partial charge in [0, 0.05) is 12.5 Å². The first-order valence-electron chi connectivity index (χ1n) is 10.6. The Kier molecular flexibility index (Phi) is 5.07. The van der Waals surface area contributed by atoms with Crippen molar-refractivity contribution in [2.45, 2.75) is 45.1 Å². The van der Waals surface area contributed by atoms with Crippen LogP contribution in [0.2, 0.25) is 5.28 Å². The minimum Gasteiger partial charge on any atom is -0.465 e. The largest absolute Gasteiger partial charge is 0.465 e. The predicted molar refractivity (Wildman–Crippen MR) is 117 cm³/mol. The molecule has 2 heterocycles. The van der Waals surface area contributed by atoms with Gasteiger partial charge in [0.15, 0.2) is 17.0 Å². The number of esters is 1. The summed E-state index contributed by atoms with van der Waals surface area (Å²) in [5, 5.41) is 24.8. The molecule has 5 atom stereocenters. The minimum absolute atomic E-state index is 0.0338. The van der Waals surface area contributed by atoms with Crippen molar-refractivity contribution in [1.29, 1.82) is 0 Å². The summed E-state index contributed by atoms with van der Waals surface area (Å²) in [7, 11) is 0. The van der Waals surface area contributed by atoms with Crippen LogP contribution < -0.4 is 5.32 Å². The van der Waals surface area contributed by atoms with Crippen LogP contribution in [0, 0.1) is 18.3 Å². The molecule has 3 N–H and O–H groups in total. The van der Waals surface area contributed by atoms with E-state index >= 15 is 0 Å². The molecule has 1 aromatic carbocycles. The molecular formula is C22H24ClN5O4. The van der Waals surface area contributed by atoms with Gasteiger partial charge >= 0.3 is 5.97 Å². The fourth-order valence-electron chi connectivity index (χ4n) is 5.02. The van der Waals surface area contributed by atoms with Crippen LogP contribution in [0.25, 0.3) is 11.2 Å². The smallest absolute Gasteiger partial charge is 0.315 e. The minimum atomic E-state index is -1.22.